The standard InChI is InChI=1S/C11H13N3O/c1-3-10-12-13-11-6-4-5-9(14(10)11)7-8(2)15/h4-6H,3,7H2,1-2H3. The summed E-state index contributed by atoms with van der Waals surface area (Å²) >= 11 is 0. The maximum Gasteiger partial charge on any atom is 0.160 e. The summed E-state index contributed by atoms with van der Waals surface area (Å²) < 4.78 is 1.96. The average Bonchev–Trinajstić information content (AvgIpc) is 2.61. The Bertz CT molecular complexity index is 502. The molecule has 0 spiro atoms. The number of rotatable bonds is 3. The molecule has 0 saturated carbocycles. The van der Waals surface area contributed by atoms with Gasteiger partial charge < -0.3 is 0 Å². The fourth-order valence-electron chi connectivity index (χ4n) is 1.69. The Labute approximate surface area is 87.9 Å². The summed E-state index contributed by atoms with van der Waals surface area (Å²) in [5.41, 5.74) is 1.77. The van der Waals surface area contributed by atoms with E-state index in [0.29, 0.717) is 6.42 Å². The van der Waals surface area contributed by atoms with Gasteiger partial charge in [0.25, 0.3) is 0 Å². The zero-order valence-corrected chi connectivity index (χ0v) is 8.90. The van der Waals surface area contributed by atoms with Crippen molar-refractivity contribution in [2.45, 2.75) is 26.7 Å². The minimum atomic E-state index is 0.151. The first-order valence-electron chi connectivity index (χ1n) is 5.03. The predicted molar refractivity (Wildman–Crippen MR) is 56.8 cm³/mol. The van der Waals surface area contributed by atoms with Crippen molar-refractivity contribution in [3.05, 3.63) is 29.7 Å². The fourth-order valence-corrected chi connectivity index (χ4v) is 1.69. The van der Waals surface area contributed by atoms with Gasteiger partial charge in [0.2, 0.25) is 0 Å². The zero-order valence-electron chi connectivity index (χ0n) is 8.90. The Hall–Kier alpha value is -1.71. The molecule has 4 heteroatoms. The molecule has 78 valence electrons. The molecule has 0 aliphatic heterocycles. The van der Waals surface area contributed by atoms with Gasteiger partial charge in [-0.25, -0.2) is 0 Å². The zero-order chi connectivity index (χ0) is 10.8. The molecule has 0 aliphatic carbocycles. The molecule has 2 aromatic heterocycles. The average molecular weight is 203 g/mol. The Morgan fingerprint density at radius 1 is 1.40 bits per heavy atom. The molecule has 0 aromatic carbocycles. The fraction of sp³-hybridized carbons (Fsp3) is 0.364. The Morgan fingerprint density at radius 3 is 2.87 bits per heavy atom. The maximum absolute atomic E-state index is 11.1. The van der Waals surface area contributed by atoms with E-state index >= 15 is 0 Å². The van der Waals surface area contributed by atoms with Crippen LogP contribution in [0.15, 0.2) is 18.2 Å². The Kier molecular flexibility index (Phi) is 2.49. The van der Waals surface area contributed by atoms with Gasteiger partial charge in [0.1, 0.15) is 11.6 Å². The number of fused-ring (bicyclic) bond motifs is 1. The Morgan fingerprint density at radius 2 is 2.20 bits per heavy atom. The van der Waals surface area contributed by atoms with Crippen LogP contribution in [0.5, 0.6) is 0 Å². The first kappa shape index (κ1) is 9.83. The summed E-state index contributed by atoms with van der Waals surface area (Å²) in [6, 6.07) is 5.74. The number of carbonyl (C=O) groups excluding carboxylic acids is 1. The highest BCUT2D eigenvalue weighted by atomic mass is 16.1. The summed E-state index contributed by atoms with van der Waals surface area (Å²) in [6.07, 6.45) is 1.25. The van der Waals surface area contributed by atoms with E-state index in [4.69, 9.17) is 0 Å². The highest BCUT2D eigenvalue weighted by molar-refractivity contribution is 5.78. The van der Waals surface area contributed by atoms with Crippen LogP contribution in [-0.2, 0) is 17.6 Å². The molecular formula is C11H13N3O. The van der Waals surface area contributed by atoms with Gasteiger partial charge in [0.15, 0.2) is 5.65 Å². The first-order valence-corrected chi connectivity index (χ1v) is 5.03. The van der Waals surface area contributed by atoms with E-state index in [1.165, 1.54) is 0 Å². The van der Waals surface area contributed by atoms with Crippen molar-refractivity contribution in [2.24, 2.45) is 0 Å². The number of ketones is 1. The largest absolute Gasteiger partial charge is 0.300 e. The summed E-state index contributed by atoms with van der Waals surface area (Å²) in [6.45, 7) is 3.62. The lowest BCUT2D eigenvalue weighted by molar-refractivity contribution is -0.116. The molecule has 0 aliphatic rings. The van der Waals surface area contributed by atoms with E-state index in [2.05, 4.69) is 10.2 Å². The van der Waals surface area contributed by atoms with Crippen molar-refractivity contribution in [3.8, 4) is 0 Å². The van der Waals surface area contributed by atoms with E-state index < -0.39 is 0 Å². The van der Waals surface area contributed by atoms with Gasteiger partial charge in [0, 0.05) is 18.5 Å². The van der Waals surface area contributed by atoms with Crippen molar-refractivity contribution in [2.75, 3.05) is 0 Å². The lowest BCUT2D eigenvalue weighted by Gasteiger charge is -2.04. The van der Waals surface area contributed by atoms with Crippen LogP contribution in [0.25, 0.3) is 5.65 Å². The maximum atomic E-state index is 11.1. The molecule has 0 fully saturated rings. The summed E-state index contributed by atoms with van der Waals surface area (Å²) in [7, 11) is 0. The van der Waals surface area contributed by atoms with Crippen LogP contribution in [0.3, 0.4) is 0 Å². The SMILES string of the molecule is CCc1nnc2cccc(CC(C)=O)n12. The van der Waals surface area contributed by atoms with Crippen LogP contribution in [0.2, 0.25) is 0 Å². The molecular weight excluding hydrogens is 190 g/mol. The molecule has 4 nitrogen and oxygen atoms in total. The number of pyridine rings is 1. The van der Waals surface area contributed by atoms with Crippen LogP contribution in [0.1, 0.15) is 25.4 Å². The second-order valence-electron chi connectivity index (χ2n) is 3.56. The van der Waals surface area contributed by atoms with Crippen LogP contribution < -0.4 is 0 Å². The number of hydrogen-bond donors (Lipinski definition) is 0. The number of aryl methyl sites for hydroxylation is 1. The molecule has 2 aromatic rings. The van der Waals surface area contributed by atoms with Crippen molar-refractivity contribution in [1.29, 1.82) is 0 Å². The van der Waals surface area contributed by atoms with E-state index in [1.807, 2.05) is 29.5 Å². The van der Waals surface area contributed by atoms with Gasteiger partial charge in [-0.15, -0.1) is 10.2 Å². The van der Waals surface area contributed by atoms with Gasteiger partial charge in [-0.05, 0) is 19.1 Å². The molecule has 0 amide bonds. The predicted octanol–water partition coefficient (Wildman–Crippen LogP) is 1.42. The first-order chi connectivity index (χ1) is 7.22. The van der Waals surface area contributed by atoms with Crippen molar-refractivity contribution < 1.29 is 4.79 Å². The number of Topliss-reactive ketones (excluding diaryl/α,β-unsaturated/α-hetero) is 1. The van der Waals surface area contributed by atoms with Gasteiger partial charge >= 0.3 is 0 Å². The number of hydrogen-bond acceptors (Lipinski definition) is 3. The van der Waals surface area contributed by atoms with E-state index in [9.17, 15) is 4.79 Å². The van der Waals surface area contributed by atoms with Gasteiger partial charge in [-0.3, -0.25) is 9.20 Å². The molecule has 0 N–H and O–H groups in total. The molecule has 2 rings (SSSR count). The second-order valence-corrected chi connectivity index (χ2v) is 3.56. The molecule has 0 radical (unpaired) electrons. The third kappa shape index (κ3) is 1.75. The van der Waals surface area contributed by atoms with Crippen molar-refractivity contribution >= 4 is 11.4 Å². The third-order valence-corrected chi connectivity index (χ3v) is 2.32. The molecule has 2 heterocycles. The molecule has 0 unspecified atom stereocenters. The molecule has 0 saturated heterocycles. The van der Waals surface area contributed by atoms with E-state index in [0.717, 1.165) is 23.6 Å². The smallest absolute Gasteiger partial charge is 0.160 e. The highest BCUT2D eigenvalue weighted by Gasteiger charge is 2.08. The highest BCUT2D eigenvalue weighted by Crippen LogP contribution is 2.10. The van der Waals surface area contributed by atoms with Gasteiger partial charge in [0.05, 0.1) is 0 Å². The topological polar surface area (TPSA) is 47.3 Å². The summed E-state index contributed by atoms with van der Waals surface area (Å²) in [5, 5.41) is 8.14. The van der Waals surface area contributed by atoms with Crippen LogP contribution in [-0.4, -0.2) is 20.4 Å². The lowest BCUT2D eigenvalue weighted by Crippen LogP contribution is -2.05. The monoisotopic (exact) mass is 203 g/mol. The normalized spacial score (nSPS) is 10.8. The Balaban J connectivity index is 2.61. The summed E-state index contributed by atoms with van der Waals surface area (Å²) in [4.78, 5) is 11.1. The minimum absolute atomic E-state index is 0.151. The number of aromatic nitrogens is 3. The number of nitrogens with zero attached hydrogens (tertiary/aromatic N) is 3. The van der Waals surface area contributed by atoms with Gasteiger partial charge in [-0.2, -0.15) is 0 Å². The van der Waals surface area contributed by atoms with E-state index in [1.54, 1.807) is 6.92 Å². The second kappa shape index (κ2) is 3.81. The molecule has 0 bridgehead atoms. The van der Waals surface area contributed by atoms with Crippen molar-refractivity contribution in [1.82, 2.24) is 14.6 Å². The lowest BCUT2D eigenvalue weighted by atomic mass is 10.2. The van der Waals surface area contributed by atoms with Crippen LogP contribution in [0.4, 0.5) is 0 Å². The van der Waals surface area contributed by atoms with Crippen LogP contribution in [0, 0.1) is 0 Å². The quantitative estimate of drug-likeness (QED) is 0.758. The third-order valence-electron chi connectivity index (χ3n) is 2.32. The minimum Gasteiger partial charge on any atom is -0.300 e. The van der Waals surface area contributed by atoms with Crippen LogP contribution >= 0.6 is 0 Å². The number of carbonyl (C=O) groups is 1. The molecule has 0 atom stereocenters. The molecule has 15 heavy (non-hydrogen) atoms. The van der Waals surface area contributed by atoms with E-state index in [-0.39, 0.29) is 5.78 Å². The summed E-state index contributed by atoms with van der Waals surface area (Å²) in [5.74, 6) is 1.06. The van der Waals surface area contributed by atoms with Gasteiger partial charge in [-0.1, -0.05) is 13.0 Å². The van der Waals surface area contributed by atoms with Crippen molar-refractivity contribution in [3.63, 3.8) is 0 Å².